The first-order valence-corrected chi connectivity index (χ1v) is 12.9. The van der Waals surface area contributed by atoms with Crippen LogP contribution in [0.25, 0.3) is 21.8 Å². The molecular formula is C30H38N2O. The molecule has 0 saturated heterocycles. The molecule has 4 rings (SSSR count). The number of hydrogen-bond donors (Lipinski definition) is 0. The van der Waals surface area contributed by atoms with E-state index in [1.165, 1.54) is 80.5 Å². The minimum absolute atomic E-state index is 0.491. The van der Waals surface area contributed by atoms with E-state index in [1.54, 1.807) is 0 Å². The Labute approximate surface area is 198 Å². The summed E-state index contributed by atoms with van der Waals surface area (Å²) >= 11 is 0. The van der Waals surface area contributed by atoms with Crippen LogP contribution >= 0.6 is 0 Å². The fourth-order valence-corrected chi connectivity index (χ4v) is 4.65. The Kier molecular flexibility index (Phi) is 8.80. The highest BCUT2D eigenvalue weighted by Crippen LogP contribution is 2.23. The Morgan fingerprint density at radius 3 is 2.15 bits per heavy atom. The van der Waals surface area contributed by atoms with Gasteiger partial charge < -0.3 is 9.30 Å². The number of ether oxygens (including phenoxy) is 1. The van der Waals surface area contributed by atoms with Gasteiger partial charge in [0.1, 0.15) is 18.2 Å². The largest absolute Gasteiger partial charge is 0.486 e. The lowest BCUT2D eigenvalue weighted by Gasteiger charge is -2.11. The third kappa shape index (κ3) is 6.60. The molecule has 0 bridgehead atoms. The fourth-order valence-electron chi connectivity index (χ4n) is 4.65. The molecule has 0 saturated carbocycles. The van der Waals surface area contributed by atoms with Gasteiger partial charge in [0, 0.05) is 6.54 Å². The van der Waals surface area contributed by atoms with Crippen molar-refractivity contribution >= 4 is 21.8 Å². The van der Waals surface area contributed by atoms with E-state index in [1.807, 2.05) is 0 Å². The highest BCUT2D eigenvalue weighted by Gasteiger charge is 2.11. The van der Waals surface area contributed by atoms with Crippen molar-refractivity contribution < 1.29 is 4.74 Å². The van der Waals surface area contributed by atoms with E-state index in [-0.39, 0.29) is 0 Å². The lowest BCUT2D eigenvalue weighted by Crippen LogP contribution is -2.07. The summed E-state index contributed by atoms with van der Waals surface area (Å²) in [7, 11) is 0. The van der Waals surface area contributed by atoms with Crippen LogP contribution in [0, 0.1) is 0 Å². The molecule has 1 heterocycles. The predicted molar refractivity (Wildman–Crippen MR) is 140 cm³/mol. The zero-order valence-electron chi connectivity index (χ0n) is 20.1. The van der Waals surface area contributed by atoms with Crippen LogP contribution in [0.4, 0.5) is 0 Å². The quantitative estimate of drug-likeness (QED) is 0.183. The number of imidazole rings is 1. The molecule has 0 aliphatic heterocycles. The zero-order chi connectivity index (χ0) is 22.7. The molecule has 0 amide bonds. The van der Waals surface area contributed by atoms with Gasteiger partial charge in [-0.25, -0.2) is 4.98 Å². The van der Waals surface area contributed by atoms with Crippen LogP contribution < -0.4 is 4.74 Å². The molecule has 3 nitrogen and oxygen atoms in total. The van der Waals surface area contributed by atoms with Gasteiger partial charge in [-0.05, 0) is 41.5 Å². The Morgan fingerprint density at radius 1 is 0.697 bits per heavy atom. The Balaban J connectivity index is 1.31. The summed E-state index contributed by atoms with van der Waals surface area (Å²) in [5.41, 5.74) is 2.27. The monoisotopic (exact) mass is 442 g/mol. The van der Waals surface area contributed by atoms with E-state index in [0.717, 1.165) is 23.6 Å². The van der Waals surface area contributed by atoms with Gasteiger partial charge in [-0.1, -0.05) is 107 Å². The molecule has 0 aliphatic carbocycles. The van der Waals surface area contributed by atoms with Crippen molar-refractivity contribution in [3.05, 3.63) is 72.6 Å². The first-order chi connectivity index (χ1) is 16.3. The molecule has 174 valence electrons. The zero-order valence-corrected chi connectivity index (χ0v) is 20.1. The third-order valence-corrected chi connectivity index (χ3v) is 6.56. The first kappa shape index (κ1) is 23.4. The second-order valence-electron chi connectivity index (χ2n) is 9.15. The fraction of sp³-hybridized carbons (Fsp3) is 0.433. The van der Waals surface area contributed by atoms with E-state index < -0.39 is 0 Å². The number of para-hydroxylation sites is 2. The maximum Gasteiger partial charge on any atom is 0.147 e. The summed E-state index contributed by atoms with van der Waals surface area (Å²) in [6.45, 7) is 3.78. The van der Waals surface area contributed by atoms with Crippen LogP contribution in [-0.4, -0.2) is 9.55 Å². The van der Waals surface area contributed by atoms with Crippen LogP contribution in [0.15, 0.2) is 66.7 Å². The SMILES string of the molecule is CCCCCCCCCCCCn1c(COc2ccc3ccccc3c2)nc2ccccc21. The van der Waals surface area contributed by atoms with Gasteiger partial charge in [0.25, 0.3) is 0 Å². The second-order valence-corrected chi connectivity index (χ2v) is 9.15. The number of benzene rings is 3. The van der Waals surface area contributed by atoms with Crippen molar-refractivity contribution in [2.24, 2.45) is 0 Å². The normalized spacial score (nSPS) is 11.4. The smallest absolute Gasteiger partial charge is 0.147 e. The molecule has 4 aromatic rings. The van der Waals surface area contributed by atoms with E-state index in [9.17, 15) is 0 Å². The molecule has 0 radical (unpaired) electrons. The molecule has 33 heavy (non-hydrogen) atoms. The Bertz CT molecular complexity index is 1130. The number of aryl methyl sites for hydroxylation is 1. The molecule has 0 N–H and O–H groups in total. The third-order valence-electron chi connectivity index (χ3n) is 6.56. The van der Waals surface area contributed by atoms with Gasteiger partial charge in [-0.15, -0.1) is 0 Å². The van der Waals surface area contributed by atoms with Crippen molar-refractivity contribution in [1.29, 1.82) is 0 Å². The van der Waals surface area contributed by atoms with Gasteiger partial charge in [0.05, 0.1) is 11.0 Å². The van der Waals surface area contributed by atoms with Gasteiger partial charge in [-0.3, -0.25) is 0 Å². The highest BCUT2D eigenvalue weighted by atomic mass is 16.5. The van der Waals surface area contributed by atoms with Crippen molar-refractivity contribution in [3.63, 3.8) is 0 Å². The first-order valence-electron chi connectivity index (χ1n) is 12.9. The molecule has 0 fully saturated rings. The Morgan fingerprint density at radius 2 is 1.36 bits per heavy atom. The Hall–Kier alpha value is -2.81. The van der Waals surface area contributed by atoms with E-state index in [0.29, 0.717) is 6.61 Å². The van der Waals surface area contributed by atoms with Gasteiger partial charge >= 0.3 is 0 Å². The molecule has 0 aliphatic rings. The summed E-state index contributed by atoms with van der Waals surface area (Å²) in [4.78, 5) is 4.89. The van der Waals surface area contributed by atoms with Gasteiger partial charge in [0.2, 0.25) is 0 Å². The number of hydrogen-bond acceptors (Lipinski definition) is 2. The van der Waals surface area contributed by atoms with Crippen molar-refractivity contribution in [3.8, 4) is 5.75 Å². The van der Waals surface area contributed by atoms with Crippen molar-refractivity contribution in [2.45, 2.75) is 84.3 Å². The maximum atomic E-state index is 6.19. The van der Waals surface area contributed by atoms with Gasteiger partial charge in [0.15, 0.2) is 0 Å². The standard InChI is InChI=1S/C30H38N2O/c1-2-3-4-5-6-7-8-9-10-15-22-32-29-19-14-13-18-28(29)31-30(32)24-33-27-21-20-25-16-11-12-17-26(25)23-27/h11-14,16-21,23H,2-10,15,22,24H2,1H3. The predicted octanol–water partition coefficient (Wildman–Crippen LogP) is 8.69. The molecule has 0 atom stereocenters. The van der Waals surface area contributed by atoms with Crippen LogP contribution in [0.3, 0.4) is 0 Å². The van der Waals surface area contributed by atoms with Crippen molar-refractivity contribution in [1.82, 2.24) is 9.55 Å². The lowest BCUT2D eigenvalue weighted by molar-refractivity contribution is 0.290. The summed E-state index contributed by atoms with van der Waals surface area (Å²) in [5.74, 6) is 1.91. The number of nitrogens with zero attached hydrogens (tertiary/aromatic N) is 2. The number of aromatic nitrogens is 2. The van der Waals surface area contributed by atoms with Crippen LogP contribution in [0.1, 0.15) is 77.0 Å². The lowest BCUT2D eigenvalue weighted by atomic mass is 10.1. The number of unbranched alkanes of at least 4 members (excludes halogenated alkanes) is 9. The maximum absolute atomic E-state index is 6.19. The molecular weight excluding hydrogens is 404 g/mol. The summed E-state index contributed by atoms with van der Waals surface area (Å²) < 4.78 is 8.55. The van der Waals surface area contributed by atoms with Crippen molar-refractivity contribution in [2.75, 3.05) is 0 Å². The second kappa shape index (κ2) is 12.4. The molecule has 0 spiro atoms. The summed E-state index contributed by atoms with van der Waals surface area (Å²) in [6.07, 6.45) is 13.5. The van der Waals surface area contributed by atoms with Gasteiger partial charge in [-0.2, -0.15) is 0 Å². The topological polar surface area (TPSA) is 27.1 Å². The van der Waals surface area contributed by atoms with Crippen LogP contribution in [-0.2, 0) is 13.2 Å². The minimum Gasteiger partial charge on any atom is -0.486 e. The molecule has 3 aromatic carbocycles. The number of rotatable bonds is 14. The van der Waals surface area contributed by atoms with Crippen LogP contribution in [0.2, 0.25) is 0 Å². The molecule has 3 heteroatoms. The van der Waals surface area contributed by atoms with Crippen LogP contribution in [0.5, 0.6) is 5.75 Å². The summed E-state index contributed by atoms with van der Waals surface area (Å²) in [6, 6.07) is 23.1. The number of fused-ring (bicyclic) bond motifs is 2. The highest BCUT2D eigenvalue weighted by molar-refractivity contribution is 5.83. The minimum atomic E-state index is 0.491. The average molecular weight is 443 g/mol. The van der Waals surface area contributed by atoms with E-state index in [2.05, 4.69) is 78.2 Å². The molecule has 0 unspecified atom stereocenters. The van der Waals surface area contributed by atoms with E-state index in [4.69, 9.17) is 9.72 Å². The average Bonchev–Trinajstić information content (AvgIpc) is 3.21. The van der Waals surface area contributed by atoms with E-state index >= 15 is 0 Å². The molecule has 1 aromatic heterocycles. The summed E-state index contributed by atoms with van der Waals surface area (Å²) in [5, 5.41) is 2.44.